The summed E-state index contributed by atoms with van der Waals surface area (Å²) in [7, 11) is 3.42. The van der Waals surface area contributed by atoms with Crippen LogP contribution >= 0.6 is 0 Å². The van der Waals surface area contributed by atoms with Gasteiger partial charge in [-0.15, -0.1) is 0 Å². The number of hydrogen-bond acceptors (Lipinski definition) is 4. The second-order valence-corrected chi connectivity index (χ2v) is 4.01. The molecule has 2 N–H and O–H groups in total. The Morgan fingerprint density at radius 2 is 1.71 bits per heavy atom. The van der Waals surface area contributed by atoms with Crippen molar-refractivity contribution in [2.24, 2.45) is 0 Å². The lowest BCUT2D eigenvalue weighted by atomic mass is 10.1. The van der Waals surface area contributed by atoms with E-state index in [-0.39, 0.29) is 0 Å². The maximum absolute atomic E-state index is 5.82. The second kappa shape index (κ2) is 7.14. The number of ether oxygens (including phenoxy) is 2. The standard InChI is InChI=1S/C13H22N2O2/c1-11-10-12(4-5-13(11)14)15(6-8-16-2)7-9-17-3/h4-5,10H,6-9,14H2,1-3H3. The number of rotatable bonds is 7. The molecule has 0 saturated heterocycles. The summed E-state index contributed by atoms with van der Waals surface area (Å²) in [4.78, 5) is 2.24. The van der Waals surface area contributed by atoms with Gasteiger partial charge in [-0.05, 0) is 30.7 Å². The second-order valence-electron chi connectivity index (χ2n) is 4.01. The van der Waals surface area contributed by atoms with Gasteiger partial charge in [0.2, 0.25) is 0 Å². The Bertz CT molecular complexity index is 334. The lowest BCUT2D eigenvalue weighted by Crippen LogP contribution is -2.30. The van der Waals surface area contributed by atoms with Crippen LogP contribution in [-0.2, 0) is 9.47 Å². The lowest BCUT2D eigenvalue weighted by molar-refractivity contribution is 0.190. The SMILES string of the molecule is COCCN(CCOC)c1ccc(N)c(C)c1. The first kappa shape index (κ1) is 13.8. The van der Waals surface area contributed by atoms with E-state index in [0.29, 0.717) is 13.2 Å². The van der Waals surface area contributed by atoms with Gasteiger partial charge in [-0.25, -0.2) is 0 Å². The van der Waals surface area contributed by atoms with Gasteiger partial charge in [0.15, 0.2) is 0 Å². The topological polar surface area (TPSA) is 47.7 Å². The highest BCUT2D eigenvalue weighted by atomic mass is 16.5. The van der Waals surface area contributed by atoms with Gasteiger partial charge in [0.05, 0.1) is 13.2 Å². The molecular formula is C13H22N2O2. The van der Waals surface area contributed by atoms with Crippen molar-refractivity contribution in [3.8, 4) is 0 Å². The number of methoxy groups -OCH3 is 2. The number of aryl methyl sites for hydroxylation is 1. The molecule has 0 spiro atoms. The van der Waals surface area contributed by atoms with Gasteiger partial charge in [-0.1, -0.05) is 0 Å². The van der Waals surface area contributed by atoms with E-state index < -0.39 is 0 Å². The maximum Gasteiger partial charge on any atom is 0.0637 e. The highest BCUT2D eigenvalue weighted by Crippen LogP contribution is 2.20. The van der Waals surface area contributed by atoms with Crippen molar-refractivity contribution in [3.05, 3.63) is 23.8 Å². The summed E-state index contributed by atoms with van der Waals surface area (Å²) in [5, 5.41) is 0. The predicted octanol–water partition coefficient (Wildman–Crippen LogP) is 1.68. The third kappa shape index (κ3) is 4.24. The smallest absolute Gasteiger partial charge is 0.0637 e. The van der Waals surface area contributed by atoms with Crippen LogP contribution in [0.3, 0.4) is 0 Å². The molecule has 0 aliphatic carbocycles. The Kier molecular flexibility index (Phi) is 5.80. The summed E-state index contributed by atoms with van der Waals surface area (Å²) < 4.78 is 10.2. The summed E-state index contributed by atoms with van der Waals surface area (Å²) in [6, 6.07) is 6.07. The van der Waals surface area contributed by atoms with E-state index in [2.05, 4.69) is 11.0 Å². The van der Waals surface area contributed by atoms with Gasteiger partial charge >= 0.3 is 0 Å². The number of hydrogen-bond donors (Lipinski definition) is 1. The summed E-state index contributed by atoms with van der Waals surface area (Å²) in [6.45, 7) is 5.12. The van der Waals surface area contributed by atoms with Crippen molar-refractivity contribution in [3.63, 3.8) is 0 Å². The largest absolute Gasteiger partial charge is 0.399 e. The fourth-order valence-corrected chi connectivity index (χ4v) is 1.63. The first-order chi connectivity index (χ1) is 8.19. The van der Waals surface area contributed by atoms with Crippen LogP contribution in [0, 0.1) is 6.92 Å². The van der Waals surface area contributed by atoms with Gasteiger partial charge < -0.3 is 20.1 Å². The molecule has 0 aliphatic heterocycles. The molecule has 4 nitrogen and oxygen atoms in total. The van der Waals surface area contributed by atoms with Gasteiger partial charge in [-0.2, -0.15) is 0 Å². The molecule has 0 aromatic heterocycles. The monoisotopic (exact) mass is 238 g/mol. The molecule has 96 valence electrons. The van der Waals surface area contributed by atoms with Crippen molar-refractivity contribution in [1.29, 1.82) is 0 Å². The van der Waals surface area contributed by atoms with E-state index in [4.69, 9.17) is 15.2 Å². The van der Waals surface area contributed by atoms with Crippen LogP contribution in [0.2, 0.25) is 0 Å². The number of nitrogens with two attached hydrogens (primary N) is 1. The van der Waals surface area contributed by atoms with E-state index in [1.54, 1.807) is 14.2 Å². The van der Waals surface area contributed by atoms with E-state index >= 15 is 0 Å². The van der Waals surface area contributed by atoms with Crippen LogP contribution in [0.15, 0.2) is 18.2 Å². The lowest BCUT2D eigenvalue weighted by Gasteiger charge is -2.24. The number of nitrogen functional groups attached to an aromatic ring is 1. The zero-order valence-corrected chi connectivity index (χ0v) is 10.9. The van der Waals surface area contributed by atoms with Crippen LogP contribution in [-0.4, -0.2) is 40.5 Å². The molecule has 0 saturated carbocycles. The van der Waals surface area contributed by atoms with Crippen molar-refractivity contribution < 1.29 is 9.47 Å². The molecule has 0 radical (unpaired) electrons. The summed E-state index contributed by atoms with van der Waals surface area (Å²) in [5.41, 5.74) is 8.90. The first-order valence-corrected chi connectivity index (χ1v) is 5.78. The van der Waals surface area contributed by atoms with Crippen LogP contribution < -0.4 is 10.6 Å². The highest BCUT2D eigenvalue weighted by molar-refractivity contribution is 5.58. The van der Waals surface area contributed by atoms with Crippen molar-refractivity contribution in [1.82, 2.24) is 0 Å². The van der Waals surface area contributed by atoms with Crippen LogP contribution in [0.1, 0.15) is 5.56 Å². The molecule has 1 rings (SSSR count). The van der Waals surface area contributed by atoms with Crippen molar-refractivity contribution in [2.45, 2.75) is 6.92 Å². The van der Waals surface area contributed by atoms with Crippen LogP contribution in [0.4, 0.5) is 11.4 Å². The van der Waals surface area contributed by atoms with Gasteiger partial charge in [0.25, 0.3) is 0 Å². The molecule has 0 fully saturated rings. The minimum absolute atomic E-state index is 0.702. The zero-order chi connectivity index (χ0) is 12.7. The summed E-state index contributed by atoms with van der Waals surface area (Å²) in [6.07, 6.45) is 0. The fraction of sp³-hybridized carbons (Fsp3) is 0.538. The molecule has 1 aromatic rings. The maximum atomic E-state index is 5.82. The van der Waals surface area contributed by atoms with Gasteiger partial charge in [0.1, 0.15) is 0 Å². The normalized spacial score (nSPS) is 10.5. The molecule has 4 heteroatoms. The van der Waals surface area contributed by atoms with Crippen LogP contribution in [0.5, 0.6) is 0 Å². The molecule has 0 amide bonds. The highest BCUT2D eigenvalue weighted by Gasteiger charge is 2.07. The van der Waals surface area contributed by atoms with E-state index in [0.717, 1.165) is 30.0 Å². The fourth-order valence-electron chi connectivity index (χ4n) is 1.63. The third-order valence-electron chi connectivity index (χ3n) is 2.75. The molecule has 0 heterocycles. The number of nitrogens with zero attached hydrogens (tertiary/aromatic N) is 1. The van der Waals surface area contributed by atoms with Gasteiger partial charge in [-0.3, -0.25) is 0 Å². The van der Waals surface area contributed by atoms with E-state index in [9.17, 15) is 0 Å². The Balaban J connectivity index is 2.75. The number of anilines is 2. The summed E-state index contributed by atoms with van der Waals surface area (Å²) in [5.74, 6) is 0. The molecular weight excluding hydrogens is 216 g/mol. The number of benzene rings is 1. The van der Waals surface area contributed by atoms with Gasteiger partial charge in [0, 0.05) is 38.7 Å². The quantitative estimate of drug-likeness (QED) is 0.734. The Morgan fingerprint density at radius 3 is 2.18 bits per heavy atom. The van der Waals surface area contributed by atoms with Crippen molar-refractivity contribution >= 4 is 11.4 Å². The van der Waals surface area contributed by atoms with E-state index in [1.165, 1.54) is 0 Å². The molecule has 0 atom stereocenters. The third-order valence-corrected chi connectivity index (χ3v) is 2.75. The molecule has 0 unspecified atom stereocenters. The summed E-state index contributed by atoms with van der Waals surface area (Å²) >= 11 is 0. The average molecular weight is 238 g/mol. The molecule has 1 aromatic carbocycles. The van der Waals surface area contributed by atoms with Crippen molar-refractivity contribution in [2.75, 3.05) is 51.2 Å². The Labute approximate surface area is 103 Å². The van der Waals surface area contributed by atoms with Crippen LogP contribution in [0.25, 0.3) is 0 Å². The zero-order valence-electron chi connectivity index (χ0n) is 10.9. The molecule has 0 bridgehead atoms. The Hall–Kier alpha value is -1.26. The molecule has 0 aliphatic rings. The minimum Gasteiger partial charge on any atom is -0.399 e. The van der Waals surface area contributed by atoms with E-state index in [1.807, 2.05) is 19.1 Å². The Morgan fingerprint density at radius 1 is 1.12 bits per heavy atom. The molecule has 17 heavy (non-hydrogen) atoms. The first-order valence-electron chi connectivity index (χ1n) is 5.78. The average Bonchev–Trinajstić information content (AvgIpc) is 2.33. The minimum atomic E-state index is 0.702. The predicted molar refractivity (Wildman–Crippen MR) is 71.6 cm³/mol.